The van der Waals surface area contributed by atoms with E-state index in [0.29, 0.717) is 11.0 Å². The Labute approximate surface area is 135 Å². The summed E-state index contributed by atoms with van der Waals surface area (Å²) in [6.07, 6.45) is 6.74. The third-order valence-corrected chi connectivity index (χ3v) is 4.16. The van der Waals surface area contributed by atoms with Crippen LogP contribution in [0, 0.1) is 6.92 Å². The molecule has 0 aliphatic carbocycles. The molecule has 5 nitrogen and oxygen atoms in total. The average molecular weight is 318 g/mol. The van der Waals surface area contributed by atoms with Crippen LogP contribution in [-0.2, 0) is 0 Å². The first-order valence-electron chi connectivity index (χ1n) is 7.70. The van der Waals surface area contributed by atoms with Crippen molar-refractivity contribution in [1.29, 1.82) is 0 Å². The molecule has 1 fully saturated rings. The maximum Gasteiger partial charge on any atom is 0.249 e. The number of nitrogens with zero attached hydrogens (tertiary/aromatic N) is 4. The van der Waals surface area contributed by atoms with Gasteiger partial charge in [-0.15, -0.1) is 5.10 Å². The molecule has 1 aromatic heterocycles. The maximum absolute atomic E-state index is 6.05. The van der Waals surface area contributed by atoms with Crippen molar-refractivity contribution >= 4 is 29.1 Å². The molecule has 0 amide bonds. The predicted molar refractivity (Wildman–Crippen MR) is 90.0 cm³/mol. The lowest BCUT2D eigenvalue weighted by atomic mass is 10.2. The van der Waals surface area contributed by atoms with Crippen molar-refractivity contribution < 1.29 is 0 Å². The largest absolute Gasteiger partial charge is 0.355 e. The fourth-order valence-corrected chi connectivity index (χ4v) is 2.82. The Morgan fingerprint density at radius 2 is 1.91 bits per heavy atom. The Bertz CT molecular complexity index is 638. The predicted octanol–water partition coefficient (Wildman–Crippen LogP) is 3.96. The van der Waals surface area contributed by atoms with E-state index in [1.54, 1.807) is 6.20 Å². The van der Waals surface area contributed by atoms with Crippen molar-refractivity contribution in [2.45, 2.75) is 32.6 Å². The fraction of sp³-hybridized carbons (Fsp3) is 0.438. The SMILES string of the molecule is Cc1ccc(Cl)cc1Nc1nncc(N2CCCCCC2)n1. The van der Waals surface area contributed by atoms with E-state index in [-0.39, 0.29) is 0 Å². The van der Waals surface area contributed by atoms with Crippen LogP contribution >= 0.6 is 11.6 Å². The first kappa shape index (κ1) is 15.0. The van der Waals surface area contributed by atoms with Gasteiger partial charge in [0, 0.05) is 23.8 Å². The van der Waals surface area contributed by atoms with Gasteiger partial charge in [-0.2, -0.15) is 10.1 Å². The van der Waals surface area contributed by atoms with E-state index >= 15 is 0 Å². The number of anilines is 3. The van der Waals surface area contributed by atoms with Gasteiger partial charge in [-0.05, 0) is 37.5 Å². The molecule has 0 atom stereocenters. The molecule has 1 aliphatic rings. The molecule has 1 saturated heterocycles. The zero-order chi connectivity index (χ0) is 15.4. The second-order valence-electron chi connectivity index (χ2n) is 5.62. The highest BCUT2D eigenvalue weighted by Crippen LogP contribution is 2.23. The van der Waals surface area contributed by atoms with Crippen LogP contribution in [0.1, 0.15) is 31.2 Å². The molecule has 0 saturated carbocycles. The zero-order valence-electron chi connectivity index (χ0n) is 12.7. The van der Waals surface area contributed by atoms with Gasteiger partial charge in [0.25, 0.3) is 0 Å². The van der Waals surface area contributed by atoms with Crippen molar-refractivity contribution in [3.63, 3.8) is 0 Å². The van der Waals surface area contributed by atoms with E-state index in [1.165, 1.54) is 25.7 Å². The Kier molecular flexibility index (Phi) is 4.73. The highest BCUT2D eigenvalue weighted by Gasteiger charge is 2.13. The van der Waals surface area contributed by atoms with E-state index in [0.717, 1.165) is 30.2 Å². The first-order chi connectivity index (χ1) is 10.7. The standard InChI is InChI=1S/C16H20ClN5/c1-12-6-7-13(17)10-14(12)19-16-20-15(11-18-21-16)22-8-4-2-3-5-9-22/h6-7,10-11H,2-5,8-9H2,1H3,(H,19,20,21). The van der Waals surface area contributed by atoms with Gasteiger partial charge in [0.15, 0.2) is 5.82 Å². The molecule has 1 aromatic carbocycles. The molecule has 0 radical (unpaired) electrons. The van der Waals surface area contributed by atoms with Crippen molar-refractivity contribution in [2.24, 2.45) is 0 Å². The van der Waals surface area contributed by atoms with Crippen molar-refractivity contribution in [1.82, 2.24) is 15.2 Å². The third-order valence-electron chi connectivity index (χ3n) is 3.92. The summed E-state index contributed by atoms with van der Waals surface area (Å²) in [7, 11) is 0. The molecule has 0 bridgehead atoms. The molecule has 3 rings (SSSR count). The van der Waals surface area contributed by atoms with Crippen molar-refractivity contribution in [3.8, 4) is 0 Å². The minimum absolute atomic E-state index is 0.507. The summed E-state index contributed by atoms with van der Waals surface area (Å²) in [5.41, 5.74) is 2.00. The van der Waals surface area contributed by atoms with Crippen LogP contribution in [0.25, 0.3) is 0 Å². The summed E-state index contributed by atoms with van der Waals surface area (Å²) in [5.74, 6) is 1.39. The molecular weight excluding hydrogens is 298 g/mol. The Morgan fingerprint density at radius 3 is 2.68 bits per heavy atom. The van der Waals surface area contributed by atoms with Crippen LogP contribution in [0.4, 0.5) is 17.5 Å². The van der Waals surface area contributed by atoms with Gasteiger partial charge in [0.1, 0.15) is 0 Å². The molecule has 1 N–H and O–H groups in total. The molecule has 0 spiro atoms. The molecule has 0 unspecified atom stereocenters. The second kappa shape index (κ2) is 6.92. The van der Waals surface area contributed by atoms with Gasteiger partial charge < -0.3 is 10.2 Å². The van der Waals surface area contributed by atoms with Crippen LogP contribution in [0.2, 0.25) is 5.02 Å². The van der Waals surface area contributed by atoms with Crippen LogP contribution < -0.4 is 10.2 Å². The van der Waals surface area contributed by atoms with Crippen LogP contribution in [0.5, 0.6) is 0 Å². The quantitative estimate of drug-likeness (QED) is 0.928. The number of hydrogen-bond donors (Lipinski definition) is 1. The Morgan fingerprint density at radius 1 is 1.14 bits per heavy atom. The van der Waals surface area contributed by atoms with Crippen LogP contribution in [0.15, 0.2) is 24.4 Å². The summed E-state index contributed by atoms with van der Waals surface area (Å²) >= 11 is 6.05. The molecule has 2 aromatic rings. The topological polar surface area (TPSA) is 53.9 Å². The molecule has 1 aliphatic heterocycles. The highest BCUT2D eigenvalue weighted by atomic mass is 35.5. The van der Waals surface area contributed by atoms with Gasteiger partial charge >= 0.3 is 0 Å². The average Bonchev–Trinajstić information content (AvgIpc) is 2.80. The number of benzene rings is 1. The van der Waals surface area contributed by atoms with Crippen molar-refractivity contribution in [2.75, 3.05) is 23.3 Å². The van der Waals surface area contributed by atoms with Gasteiger partial charge in [-0.1, -0.05) is 30.5 Å². The molecule has 6 heteroatoms. The van der Waals surface area contributed by atoms with Gasteiger partial charge in [0.05, 0.1) is 6.20 Å². The lowest BCUT2D eigenvalue weighted by Gasteiger charge is -2.21. The number of halogens is 1. The summed E-state index contributed by atoms with van der Waals surface area (Å²) in [6, 6.07) is 5.71. The number of hydrogen-bond acceptors (Lipinski definition) is 5. The fourth-order valence-electron chi connectivity index (χ4n) is 2.65. The summed E-state index contributed by atoms with van der Waals surface area (Å²) in [5, 5.41) is 12.1. The molecular formula is C16H20ClN5. The van der Waals surface area contributed by atoms with E-state index < -0.39 is 0 Å². The number of rotatable bonds is 3. The van der Waals surface area contributed by atoms with E-state index in [1.807, 2.05) is 25.1 Å². The van der Waals surface area contributed by atoms with Crippen LogP contribution in [0.3, 0.4) is 0 Å². The lowest BCUT2D eigenvalue weighted by molar-refractivity contribution is 0.726. The van der Waals surface area contributed by atoms with Gasteiger partial charge in [-0.3, -0.25) is 0 Å². The smallest absolute Gasteiger partial charge is 0.249 e. The van der Waals surface area contributed by atoms with Gasteiger partial charge in [0.2, 0.25) is 5.95 Å². The monoisotopic (exact) mass is 317 g/mol. The summed E-state index contributed by atoms with van der Waals surface area (Å²) < 4.78 is 0. The third kappa shape index (κ3) is 3.65. The number of aromatic nitrogens is 3. The molecule has 2 heterocycles. The van der Waals surface area contributed by atoms with Crippen molar-refractivity contribution in [3.05, 3.63) is 35.0 Å². The Hall–Kier alpha value is -1.88. The minimum atomic E-state index is 0.507. The first-order valence-corrected chi connectivity index (χ1v) is 8.08. The highest BCUT2D eigenvalue weighted by molar-refractivity contribution is 6.30. The second-order valence-corrected chi connectivity index (χ2v) is 6.06. The maximum atomic E-state index is 6.05. The van der Waals surface area contributed by atoms with Gasteiger partial charge in [-0.25, -0.2) is 0 Å². The molecule has 22 heavy (non-hydrogen) atoms. The lowest BCUT2D eigenvalue weighted by Crippen LogP contribution is -2.25. The van der Waals surface area contributed by atoms with E-state index in [4.69, 9.17) is 11.6 Å². The summed E-state index contributed by atoms with van der Waals surface area (Å²) in [6.45, 7) is 4.09. The number of nitrogens with one attached hydrogen (secondary N) is 1. The van der Waals surface area contributed by atoms with E-state index in [9.17, 15) is 0 Å². The van der Waals surface area contributed by atoms with Crippen LogP contribution in [-0.4, -0.2) is 28.3 Å². The number of aryl methyl sites for hydroxylation is 1. The summed E-state index contributed by atoms with van der Waals surface area (Å²) in [4.78, 5) is 6.89. The molecule has 116 valence electrons. The normalized spacial score (nSPS) is 15.5. The Balaban J connectivity index is 1.80. The zero-order valence-corrected chi connectivity index (χ0v) is 13.5. The van der Waals surface area contributed by atoms with E-state index in [2.05, 4.69) is 25.4 Å². The minimum Gasteiger partial charge on any atom is -0.355 e.